The smallest absolute Gasteiger partial charge is 0.0205 e. The van der Waals surface area contributed by atoms with Crippen LogP contribution in [0.1, 0.15) is 23.6 Å². The van der Waals surface area contributed by atoms with Gasteiger partial charge >= 0.3 is 0 Å². The normalized spacial score (nSPS) is 10.0. The van der Waals surface area contributed by atoms with E-state index in [1.165, 1.54) is 16.7 Å². The first kappa shape index (κ1) is 10.0. The van der Waals surface area contributed by atoms with Crippen molar-refractivity contribution < 1.29 is 0 Å². The van der Waals surface area contributed by atoms with Gasteiger partial charge in [0.1, 0.15) is 0 Å². The molecule has 1 aromatic carbocycles. The Labute approximate surface area is 80.5 Å². The maximum atomic E-state index is 3.77. The Morgan fingerprint density at radius 2 is 2.23 bits per heavy atom. The minimum Gasteiger partial charge on any atom is -0.313 e. The molecule has 0 aliphatic rings. The van der Waals surface area contributed by atoms with Crippen LogP contribution in [-0.2, 0) is 6.54 Å². The first-order valence-corrected chi connectivity index (χ1v) is 4.70. The fraction of sp³-hybridized carbons (Fsp3) is 0.333. The molecular formula is C12H17N. The molecule has 70 valence electrons. The Morgan fingerprint density at radius 3 is 2.77 bits per heavy atom. The van der Waals surface area contributed by atoms with Crippen molar-refractivity contribution in [1.82, 2.24) is 5.32 Å². The highest BCUT2D eigenvalue weighted by Gasteiger charge is 1.95. The van der Waals surface area contributed by atoms with Crippen molar-refractivity contribution in [1.29, 1.82) is 0 Å². The summed E-state index contributed by atoms with van der Waals surface area (Å²) in [6.45, 7) is 9.97. The molecule has 1 N–H and O–H groups in total. The highest BCUT2D eigenvalue weighted by molar-refractivity contribution is 5.52. The molecule has 1 heteroatoms. The maximum Gasteiger partial charge on any atom is 0.0205 e. The van der Waals surface area contributed by atoms with E-state index in [9.17, 15) is 0 Å². The SMILES string of the molecule is C=Cc1ccc(CNCC)cc1C. The Bertz CT molecular complexity index is 289. The highest BCUT2D eigenvalue weighted by atomic mass is 14.8. The van der Waals surface area contributed by atoms with E-state index < -0.39 is 0 Å². The molecule has 0 bridgehead atoms. The third-order valence-electron chi connectivity index (χ3n) is 2.13. The number of hydrogen-bond donors (Lipinski definition) is 1. The largest absolute Gasteiger partial charge is 0.313 e. The second-order valence-corrected chi connectivity index (χ2v) is 3.18. The van der Waals surface area contributed by atoms with Gasteiger partial charge in [0.25, 0.3) is 0 Å². The summed E-state index contributed by atoms with van der Waals surface area (Å²) in [5.74, 6) is 0. The highest BCUT2D eigenvalue weighted by Crippen LogP contribution is 2.11. The van der Waals surface area contributed by atoms with Gasteiger partial charge in [0, 0.05) is 6.54 Å². The average molecular weight is 175 g/mol. The van der Waals surface area contributed by atoms with Gasteiger partial charge in [0.15, 0.2) is 0 Å². The van der Waals surface area contributed by atoms with Gasteiger partial charge in [-0.1, -0.05) is 37.8 Å². The zero-order valence-electron chi connectivity index (χ0n) is 8.43. The number of benzene rings is 1. The second-order valence-electron chi connectivity index (χ2n) is 3.18. The van der Waals surface area contributed by atoms with Crippen molar-refractivity contribution in [2.75, 3.05) is 6.54 Å². The first-order chi connectivity index (χ1) is 6.27. The van der Waals surface area contributed by atoms with Crippen molar-refractivity contribution in [2.45, 2.75) is 20.4 Å². The molecule has 0 spiro atoms. The van der Waals surface area contributed by atoms with Crippen LogP contribution in [0.3, 0.4) is 0 Å². The molecule has 1 aromatic rings. The summed E-state index contributed by atoms with van der Waals surface area (Å²) in [5, 5.41) is 3.30. The molecule has 0 atom stereocenters. The monoisotopic (exact) mass is 175 g/mol. The lowest BCUT2D eigenvalue weighted by molar-refractivity contribution is 0.726. The van der Waals surface area contributed by atoms with Crippen LogP contribution in [0.15, 0.2) is 24.8 Å². The lowest BCUT2D eigenvalue weighted by Gasteiger charge is -2.05. The first-order valence-electron chi connectivity index (χ1n) is 4.70. The summed E-state index contributed by atoms with van der Waals surface area (Å²) in [7, 11) is 0. The zero-order valence-corrected chi connectivity index (χ0v) is 8.43. The third kappa shape index (κ3) is 2.71. The molecule has 0 aliphatic carbocycles. The zero-order chi connectivity index (χ0) is 9.68. The van der Waals surface area contributed by atoms with E-state index in [1.54, 1.807) is 0 Å². The van der Waals surface area contributed by atoms with E-state index in [0.717, 1.165) is 13.1 Å². The summed E-state index contributed by atoms with van der Waals surface area (Å²) >= 11 is 0. The van der Waals surface area contributed by atoms with Gasteiger partial charge in [0.2, 0.25) is 0 Å². The molecule has 0 aliphatic heterocycles. The van der Waals surface area contributed by atoms with E-state index in [4.69, 9.17) is 0 Å². The minimum absolute atomic E-state index is 0.953. The lowest BCUT2D eigenvalue weighted by atomic mass is 10.1. The number of hydrogen-bond acceptors (Lipinski definition) is 1. The molecule has 0 fully saturated rings. The second kappa shape index (κ2) is 4.83. The van der Waals surface area contributed by atoms with Crippen LogP contribution in [0.5, 0.6) is 0 Å². The van der Waals surface area contributed by atoms with Crippen LogP contribution in [0.25, 0.3) is 6.08 Å². The van der Waals surface area contributed by atoms with Crippen LogP contribution >= 0.6 is 0 Å². The number of rotatable bonds is 4. The van der Waals surface area contributed by atoms with Crippen molar-refractivity contribution in [3.05, 3.63) is 41.5 Å². The van der Waals surface area contributed by atoms with Crippen molar-refractivity contribution in [3.8, 4) is 0 Å². The van der Waals surface area contributed by atoms with Crippen LogP contribution < -0.4 is 5.32 Å². The van der Waals surface area contributed by atoms with Crippen molar-refractivity contribution in [3.63, 3.8) is 0 Å². The van der Waals surface area contributed by atoms with Crippen LogP contribution in [0.2, 0.25) is 0 Å². The van der Waals surface area contributed by atoms with E-state index >= 15 is 0 Å². The van der Waals surface area contributed by atoms with Gasteiger partial charge in [-0.25, -0.2) is 0 Å². The summed E-state index contributed by atoms with van der Waals surface area (Å²) in [6.07, 6.45) is 1.90. The predicted octanol–water partition coefficient (Wildman–Crippen LogP) is 2.75. The Hall–Kier alpha value is -1.08. The molecule has 0 saturated heterocycles. The van der Waals surface area contributed by atoms with Gasteiger partial charge in [-0.15, -0.1) is 0 Å². The van der Waals surface area contributed by atoms with Crippen LogP contribution in [0.4, 0.5) is 0 Å². The lowest BCUT2D eigenvalue weighted by Crippen LogP contribution is -2.11. The van der Waals surface area contributed by atoms with Gasteiger partial charge in [0.05, 0.1) is 0 Å². The molecule has 1 nitrogen and oxygen atoms in total. The molecule has 0 amide bonds. The molecular weight excluding hydrogens is 158 g/mol. The number of nitrogens with one attached hydrogen (secondary N) is 1. The molecule has 0 heterocycles. The predicted molar refractivity (Wildman–Crippen MR) is 58.7 cm³/mol. The maximum absolute atomic E-state index is 3.77. The van der Waals surface area contributed by atoms with Crippen LogP contribution in [-0.4, -0.2) is 6.54 Å². The fourth-order valence-corrected chi connectivity index (χ4v) is 1.35. The average Bonchev–Trinajstić information content (AvgIpc) is 2.15. The van der Waals surface area contributed by atoms with Gasteiger partial charge in [-0.05, 0) is 30.2 Å². The van der Waals surface area contributed by atoms with E-state index in [1.807, 2.05) is 6.08 Å². The summed E-state index contributed by atoms with van der Waals surface area (Å²) in [6, 6.07) is 6.47. The Balaban J connectivity index is 2.77. The fourth-order valence-electron chi connectivity index (χ4n) is 1.35. The summed E-state index contributed by atoms with van der Waals surface area (Å²) in [4.78, 5) is 0. The summed E-state index contributed by atoms with van der Waals surface area (Å²) in [5.41, 5.74) is 3.86. The topological polar surface area (TPSA) is 12.0 Å². The molecule has 1 rings (SSSR count). The molecule has 0 aromatic heterocycles. The van der Waals surface area contributed by atoms with Crippen LogP contribution in [0, 0.1) is 6.92 Å². The molecule has 13 heavy (non-hydrogen) atoms. The third-order valence-corrected chi connectivity index (χ3v) is 2.13. The van der Waals surface area contributed by atoms with E-state index in [-0.39, 0.29) is 0 Å². The molecule has 0 radical (unpaired) electrons. The van der Waals surface area contributed by atoms with Crippen molar-refractivity contribution in [2.24, 2.45) is 0 Å². The van der Waals surface area contributed by atoms with Gasteiger partial charge in [-0.3, -0.25) is 0 Å². The standard InChI is InChI=1S/C12H17N/c1-4-12-7-6-11(8-10(12)3)9-13-5-2/h4,6-8,13H,1,5,9H2,2-3H3. The minimum atomic E-state index is 0.953. The van der Waals surface area contributed by atoms with Gasteiger partial charge in [-0.2, -0.15) is 0 Å². The summed E-state index contributed by atoms with van der Waals surface area (Å²) < 4.78 is 0. The Morgan fingerprint density at radius 1 is 1.46 bits per heavy atom. The number of aryl methyl sites for hydroxylation is 1. The Kier molecular flexibility index (Phi) is 3.71. The van der Waals surface area contributed by atoms with Crippen molar-refractivity contribution >= 4 is 6.08 Å². The molecule has 0 saturated carbocycles. The van der Waals surface area contributed by atoms with Gasteiger partial charge < -0.3 is 5.32 Å². The molecule has 0 unspecified atom stereocenters. The van der Waals surface area contributed by atoms with E-state index in [0.29, 0.717) is 0 Å². The quantitative estimate of drug-likeness (QED) is 0.742. The van der Waals surface area contributed by atoms with E-state index in [2.05, 4.69) is 43.9 Å².